The van der Waals surface area contributed by atoms with Crippen LogP contribution in [0.25, 0.3) is 22.5 Å². The Morgan fingerprint density at radius 3 is 2.64 bits per heavy atom. The number of hydrogen-bond acceptors (Lipinski definition) is 4. The number of aliphatic hydroxyl groups is 1. The van der Waals surface area contributed by atoms with Crippen LogP contribution in [-0.4, -0.2) is 38.8 Å². The SMILES string of the molecule is O=C(N[C@@H](CO)Cc1ncccc1Cl)c1cccc(F)c1-c1cc(-c2ccc(F)cc2)[nH]n1. The van der Waals surface area contributed by atoms with Crippen molar-refractivity contribution in [2.24, 2.45) is 0 Å². The predicted molar refractivity (Wildman–Crippen MR) is 121 cm³/mol. The fourth-order valence-electron chi connectivity index (χ4n) is 3.43. The van der Waals surface area contributed by atoms with E-state index < -0.39 is 17.8 Å². The Labute approximate surface area is 193 Å². The lowest BCUT2D eigenvalue weighted by Crippen LogP contribution is -2.39. The maximum Gasteiger partial charge on any atom is 0.252 e. The fourth-order valence-corrected chi connectivity index (χ4v) is 3.63. The standard InChI is InChI=1S/C24H19ClF2N4O2/c25-18-4-2-10-28-21(18)11-16(13-32)29-24(33)17-3-1-5-19(27)23(17)22-12-20(30-31-22)14-6-8-15(26)9-7-14/h1-10,12,16,32H,11,13H2,(H,29,33)(H,30,31)/t16-/m1/s1. The first kappa shape index (κ1) is 22.6. The zero-order chi connectivity index (χ0) is 23.4. The third kappa shape index (κ3) is 5.08. The third-order valence-electron chi connectivity index (χ3n) is 5.08. The van der Waals surface area contributed by atoms with Gasteiger partial charge in [-0.25, -0.2) is 8.78 Å². The molecule has 0 bridgehead atoms. The summed E-state index contributed by atoms with van der Waals surface area (Å²) in [6.45, 7) is -0.361. The Morgan fingerprint density at radius 2 is 1.91 bits per heavy atom. The largest absolute Gasteiger partial charge is 0.394 e. The van der Waals surface area contributed by atoms with E-state index in [1.54, 1.807) is 36.5 Å². The van der Waals surface area contributed by atoms with Crippen molar-refractivity contribution < 1.29 is 18.7 Å². The average molecular weight is 469 g/mol. The Bertz CT molecular complexity index is 1280. The van der Waals surface area contributed by atoms with Gasteiger partial charge in [-0.1, -0.05) is 17.7 Å². The lowest BCUT2D eigenvalue weighted by atomic mass is 10.0. The zero-order valence-electron chi connectivity index (χ0n) is 17.2. The Morgan fingerprint density at radius 1 is 1.12 bits per heavy atom. The smallest absolute Gasteiger partial charge is 0.252 e. The van der Waals surface area contributed by atoms with Crippen molar-refractivity contribution in [3.05, 3.63) is 94.8 Å². The molecule has 2 aromatic carbocycles. The van der Waals surface area contributed by atoms with Crippen LogP contribution in [0.2, 0.25) is 5.02 Å². The van der Waals surface area contributed by atoms with Crippen molar-refractivity contribution in [1.29, 1.82) is 0 Å². The minimum atomic E-state index is -0.685. The van der Waals surface area contributed by atoms with Crippen molar-refractivity contribution in [3.8, 4) is 22.5 Å². The molecule has 9 heteroatoms. The van der Waals surface area contributed by atoms with Gasteiger partial charge in [0.2, 0.25) is 0 Å². The van der Waals surface area contributed by atoms with E-state index in [1.165, 1.54) is 30.3 Å². The Balaban J connectivity index is 1.60. The molecule has 0 unspecified atom stereocenters. The number of carbonyl (C=O) groups excluding carboxylic acids is 1. The van der Waals surface area contributed by atoms with Crippen LogP contribution < -0.4 is 5.32 Å². The molecule has 3 N–H and O–H groups in total. The topological polar surface area (TPSA) is 90.9 Å². The lowest BCUT2D eigenvalue weighted by Gasteiger charge is -2.17. The number of aromatic nitrogens is 3. The highest BCUT2D eigenvalue weighted by Gasteiger charge is 2.22. The van der Waals surface area contributed by atoms with Gasteiger partial charge in [-0.05, 0) is 60.2 Å². The summed E-state index contributed by atoms with van der Waals surface area (Å²) in [7, 11) is 0. The van der Waals surface area contributed by atoms with Gasteiger partial charge in [-0.15, -0.1) is 0 Å². The molecule has 168 valence electrons. The number of amides is 1. The summed E-state index contributed by atoms with van der Waals surface area (Å²) in [5.41, 5.74) is 1.99. The van der Waals surface area contributed by atoms with Crippen molar-refractivity contribution in [1.82, 2.24) is 20.5 Å². The quantitative estimate of drug-likeness (QED) is 0.375. The van der Waals surface area contributed by atoms with Gasteiger partial charge >= 0.3 is 0 Å². The van der Waals surface area contributed by atoms with Crippen LogP contribution in [0.15, 0.2) is 66.9 Å². The van der Waals surface area contributed by atoms with E-state index in [0.717, 1.165) is 0 Å². The molecular weight excluding hydrogens is 450 g/mol. The number of benzene rings is 2. The highest BCUT2D eigenvalue weighted by Crippen LogP contribution is 2.29. The third-order valence-corrected chi connectivity index (χ3v) is 5.42. The summed E-state index contributed by atoms with van der Waals surface area (Å²) >= 11 is 6.13. The minimum Gasteiger partial charge on any atom is -0.394 e. The van der Waals surface area contributed by atoms with Crippen LogP contribution in [0.5, 0.6) is 0 Å². The van der Waals surface area contributed by atoms with Crippen molar-refractivity contribution in [2.75, 3.05) is 6.61 Å². The normalized spacial score (nSPS) is 11.9. The molecule has 1 atom stereocenters. The van der Waals surface area contributed by atoms with E-state index in [0.29, 0.717) is 22.0 Å². The van der Waals surface area contributed by atoms with Gasteiger partial charge in [0.15, 0.2) is 0 Å². The predicted octanol–water partition coefficient (Wildman–Crippen LogP) is 4.40. The monoisotopic (exact) mass is 468 g/mol. The molecule has 0 saturated carbocycles. The van der Waals surface area contributed by atoms with Crippen LogP contribution in [0.1, 0.15) is 16.1 Å². The molecule has 0 fully saturated rings. The fraction of sp³-hybridized carbons (Fsp3) is 0.125. The number of hydrogen-bond donors (Lipinski definition) is 3. The summed E-state index contributed by atoms with van der Waals surface area (Å²) in [4.78, 5) is 17.2. The molecule has 33 heavy (non-hydrogen) atoms. The molecular formula is C24H19ClF2N4O2. The maximum atomic E-state index is 14.8. The number of pyridine rings is 1. The second-order valence-electron chi connectivity index (χ2n) is 7.33. The van der Waals surface area contributed by atoms with Gasteiger partial charge in [-0.3, -0.25) is 14.9 Å². The van der Waals surface area contributed by atoms with Gasteiger partial charge in [0, 0.05) is 12.6 Å². The second-order valence-corrected chi connectivity index (χ2v) is 7.73. The molecule has 0 spiro atoms. The lowest BCUT2D eigenvalue weighted by molar-refractivity contribution is 0.0916. The zero-order valence-corrected chi connectivity index (χ0v) is 18.0. The first-order valence-corrected chi connectivity index (χ1v) is 10.5. The maximum absolute atomic E-state index is 14.8. The second kappa shape index (κ2) is 9.89. The number of aromatic amines is 1. The highest BCUT2D eigenvalue weighted by molar-refractivity contribution is 6.31. The van der Waals surface area contributed by atoms with Crippen molar-refractivity contribution in [2.45, 2.75) is 12.5 Å². The number of carbonyl (C=O) groups is 1. The molecule has 0 saturated heterocycles. The van der Waals surface area contributed by atoms with E-state index in [4.69, 9.17) is 11.6 Å². The summed E-state index contributed by atoms with van der Waals surface area (Å²) in [6, 6.07) is 14.1. The van der Waals surface area contributed by atoms with Gasteiger partial charge in [0.05, 0.1) is 45.9 Å². The Hall–Kier alpha value is -3.62. The molecule has 2 aromatic heterocycles. The number of H-pyrrole nitrogens is 1. The first-order chi connectivity index (χ1) is 16.0. The summed E-state index contributed by atoms with van der Waals surface area (Å²) in [5.74, 6) is -1.59. The molecule has 1 amide bonds. The molecule has 0 aliphatic rings. The molecule has 4 aromatic rings. The van der Waals surface area contributed by atoms with Gasteiger partial charge in [-0.2, -0.15) is 5.10 Å². The van der Waals surface area contributed by atoms with Crippen LogP contribution in [0.3, 0.4) is 0 Å². The van der Waals surface area contributed by atoms with Crippen LogP contribution in [0, 0.1) is 11.6 Å². The van der Waals surface area contributed by atoms with Gasteiger partial charge in [0.25, 0.3) is 5.91 Å². The number of rotatable bonds is 7. The van der Waals surface area contributed by atoms with Crippen LogP contribution >= 0.6 is 11.6 Å². The van der Waals surface area contributed by atoms with E-state index in [9.17, 15) is 18.7 Å². The average Bonchev–Trinajstić information content (AvgIpc) is 3.30. The number of nitrogens with zero attached hydrogens (tertiary/aromatic N) is 2. The molecule has 0 radical (unpaired) electrons. The molecule has 6 nitrogen and oxygen atoms in total. The molecule has 4 rings (SSSR count). The van der Waals surface area contributed by atoms with Crippen LogP contribution in [-0.2, 0) is 6.42 Å². The summed E-state index contributed by atoms with van der Waals surface area (Å²) in [5, 5.41) is 19.8. The number of nitrogens with one attached hydrogen (secondary N) is 2. The van der Waals surface area contributed by atoms with Crippen molar-refractivity contribution >= 4 is 17.5 Å². The van der Waals surface area contributed by atoms with Crippen LogP contribution in [0.4, 0.5) is 8.78 Å². The molecule has 2 heterocycles. The van der Waals surface area contributed by atoms with E-state index in [2.05, 4.69) is 20.5 Å². The van der Waals surface area contributed by atoms with Crippen molar-refractivity contribution in [3.63, 3.8) is 0 Å². The van der Waals surface area contributed by atoms with E-state index in [1.807, 2.05) is 0 Å². The molecule has 0 aliphatic carbocycles. The summed E-state index contributed by atoms with van der Waals surface area (Å²) in [6.07, 6.45) is 1.77. The first-order valence-electron chi connectivity index (χ1n) is 10.1. The van der Waals surface area contributed by atoms with E-state index in [-0.39, 0.29) is 35.7 Å². The van der Waals surface area contributed by atoms with Gasteiger partial charge in [0.1, 0.15) is 11.6 Å². The van der Waals surface area contributed by atoms with Gasteiger partial charge < -0.3 is 10.4 Å². The van der Waals surface area contributed by atoms with E-state index >= 15 is 0 Å². The number of halogens is 3. The molecule has 0 aliphatic heterocycles. The highest BCUT2D eigenvalue weighted by atomic mass is 35.5. The summed E-state index contributed by atoms with van der Waals surface area (Å²) < 4.78 is 28.0. The minimum absolute atomic E-state index is 0.00664. The Kier molecular flexibility index (Phi) is 6.76. The number of aliphatic hydroxyl groups excluding tert-OH is 1.